The van der Waals surface area contributed by atoms with Crippen molar-refractivity contribution in [1.82, 2.24) is 5.32 Å². The van der Waals surface area contributed by atoms with E-state index in [0.29, 0.717) is 23.2 Å². The highest BCUT2D eigenvalue weighted by atomic mass is 32.2. The highest BCUT2D eigenvalue weighted by Crippen LogP contribution is 2.31. The van der Waals surface area contributed by atoms with E-state index in [2.05, 4.69) is 5.32 Å². The smallest absolute Gasteiger partial charge is 0.339 e. The molecular formula is C21H23NO6S. The van der Waals surface area contributed by atoms with Crippen molar-refractivity contribution in [3.63, 3.8) is 0 Å². The number of carbonyl (C=O) groups is 1. The largest absolute Gasteiger partial charge is 0.461 e. The molecular weight excluding hydrogens is 394 g/mol. The number of nitrogens with one attached hydrogen (secondary N) is 1. The highest BCUT2D eigenvalue weighted by Gasteiger charge is 2.28. The van der Waals surface area contributed by atoms with E-state index >= 15 is 0 Å². The Balaban J connectivity index is 1.58. The third-order valence-corrected chi connectivity index (χ3v) is 7.55. The van der Waals surface area contributed by atoms with Crippen LogP contribution in [0.25, 0.3) is 21.9 Å². The molecule has 0 spiro atoms. The average Bonchev–Trinajstić information content (AvgIpc) is 3.11. The van der Waals surface area contributed by atoms with E-state index in [1.54, 1.807) is 6.07 Å². The van der Waals surface area contributed by atoms with Gasteiger partial charge in [0.2, 0.25) is 5.91 Å². The van der Waals surface area contributed by atoms with Gasteiger partial charge in [-0.3, -0.25) is 4.79 Å². The lowest BCUT2D eigenvalue weighted by Gasteiger charge is -2.11. The van der Waals surface area contributed by atoms with Crippen molar-refractivity contribution < 1.29 is 22.0 Å². The number of fused-ring (bicyclic) bond motifs is 2. The van der Waals surface area contributed by atoms with Crippen LogP contribution >= 0.6 is 0 Å². The van der Waals surface area contributed by atoms with Crippen LogP contribution in [0.15, 0.2) is 25.8 Å². The molecule has 0 bridgehead atoms. The molecule has 1 N–H and O–H groups in total. The van der Waals surface area contributed by atoms with Crippen LogP contribution in [0.5, 0.6) is 0 Å². The molecule has 0 radical (unpaired) electrons. The number of sulfone groups is 1. The van der Waals surface area contributed by atoms with Crippen molar-refractivity contribution in [2.75, 3.05) is 11.5 Å². The van der Waals surface area contributed by atoms with Gasteiger partial charge in [-0.2, -0.15) is 0 Å². The fourth-order valence-electron chi connectivity index (χ4n) is 3.96. The Morgan fingerprint density at radius 2 is 1.79 bits per heavy atom. The zero-order valence-electron chi connectivity index (χ0n) is 16.6. The number of rotatable bonds is 4. The van der Waals surface area contributed by atoms with Crippen LogP contribution in [-0.4, -0.2) is 31.9 Å². The van der Waals surface area contributed by atoms with E-state index in [1.807, 2.05) is 26.8 Å². The molecule has 8 heteroatoms. The van der Waals surface area contributed by atoms with Gasteiger partial charge in [0.1, 0.15) is 16.9 Å². The lowest BCUT2D eigenvalue weighted by molar-refractivity contribution is -0.121. The van der Waals surface area contributed by atoms with Crippen molar-refractivity contribution in [1.29, 1.82) is 0 Å². The molecule has 3 heterocycles. The number of aryl methyl sites for hydroxylation is 3. The first-order chi connectivity index (χ1) is 13.6. The van der Waals surface area contributed by atoms with Gasteiger partial charge in [-0.05, 0) is 50.8 Å². The van der Waals surface area contributed by atoms with Gasteiger partial charge in [0.25, 0.3) is 0 Å². The Bertz CT molecular complexity index is 1300. The molecule has 1 amide bonds. The van der Waals surface area contributed by atoms with E-state index < -0.39 is 15.5 Å². The number of carbonyl (C=O) groups excluding carboxylic acids is 1. The van der Waals surface area contributed by atoms with Crippen molar-refractivity contribution >= 4 is 37.7 Å². The molecule has 29 heavy (non-hydrogen) atoms. The van der Waals surface area contributed by atoms with Crippen LogP contribution in [0.4, 0.5) is 0 Å². The Labute approximate surface area is 168 Å². The van der Waals surface area contributed by atoms with E-state index in [4.69, 9.17) is 8.83 Å². The third kappa shape index (κ3) is 3.69. The van der Waals surface area contributed by atoms with Crippen molar-refractivity contribution in [3.8, 4) is 0 Å². The first-order valence-corrected chi connectivity index (χ1v) is 11.4. The van der Waals surface area contributed by atoms with Gasteiger partial charge in [-0.15, -0.1) is 0 Å². The Morgan fingerprint density at radius 1 is 1.10 bits per heavy atom. The molecule has 0 saturated carbocycles. The number of hydrogen-bond acceptors (Lipinski definition) is 6. The molecule has 1 atom stereocenters. The molecule has 2 aromatic heterocycles. The summed E-state index contributed by atoms with van der Waals surface area (Å²) in [5, 5.41) is 4.54. The molecule has 1 aliphatic rings. The minimum atomic E-state index is -3.05. The second-order valence-electron chi connectivity index (χ2n) is 7.79. The summed E-state index contributed by atoms with van der Waals surface area (Å²) in [5.41, 5.74) is 2.95. The molecule has 154 valence electrons. The van der Waals surface area contributed by atoms with E-state index in [0.717, 1.165) is 27.7 Å². The van der Waals surface area contributed by atoms with Gasteiger partial charge in [0, 0.05) is 34.9 Å². The summed E-state index contributed by atoms with van der Waals surface area (Å²) in [6.45, 7) is 5.72. The molecule has 1 aliphatic heterocycles. The lowest BCUT2D eigenvalue weighted by Crippen LogP contribution is -2.35. The van der Waals surface area contributed by atoms with Gasteiger partial charge in [-0.1, -0.05) is 0 Å². The zero-order chi connectivity index (χ0) is 20.9. The topological polar surface area (TPSA) is 107 Å². The normalized spacial score (nSPS) is 18.5. The van der Waals surface area contributed by atoms with Crippen LogP contribution < -0.4 is 10.9 Å². The predicted octanol–water partition coefficient (Wildman–Crippen LogP) is 2.70. The van der Waals surface area contributed by atoms with Gasteiger partial charge >= 0.3 is 5.63 Å². The summed E-state index contributed by atoms with van der Waals surface area (Å²) in [4.78, 5) is 24.7. The third-order valence-electron chi connectivity index (χ3n) is 5.78. The molecule has 1 fully saturated rings. The standard InChI is InChI=1S/C21H23NO6S/c1-11-13(3)27-18-9-19-17(8-16(11)18)12(2)15(21(24)28-19)4-5-20(23)22-14-6-7-29(25,26)10-14/h8-9,14H,4-7,10H2,1-3H3,(H,22,23). The fourth-order valence-corrected chi connectivity index (χ4v) is 5.63. The first kappa shape index (κ1) is 19.7. The van der Waals surface area contributed by atoms with Crippen LogP contribution in [-0.2, 0) is 21.1 Å². The minimum absolute atomic E-state index is 0.0185. The second-order valence-corrected chi connectivity index (χ2v) is 10.0. The number of hydrogen-bond donors (Lipinski definition) is 1. The van der Waals surface area contributed by atoms with Crippen LogP contribution in [0.1, 0.15) is 35.3 Å². The molecule has 1 unspecified atom stereocenters. The maximum absolute atomic E-state index is 12.5. The van der Waals surface area contributed by atoms with Crippen LogP contribution in [0.2, 0.25) is 0 Å². The van der Waals surface area contributed by atoms with Crippen LogP contribution in [0.3, 0.4) is 0 Å². The molecule has 0 aliphatic carbocycles. The van der Waals surface area contributed by atoms with Crippen molar-refractivity contribution in [3.05, 3.63) is 45.0 Å². The summed E-state index contributed by atoms with van der Waals surface area (Å²) < 4.78 is 34.3. The minimum Gasteiger partial charge on any atom is -0.461 e. The van der Waals surface area contributed by atoms with Gasteiger partial charge in [-0.25, -0.2) is 13.2 Å². The van der Waals surface area contributed by atoms with Crippen molar-refractivity contribution in [2.45, 2.75) is 46.1 Å². The monoisotopic (exact) mass is 417 g/mol. The molecule has 3 aromatic rings. The molecule has 4 rings (SSSR count). The summed E-state index contributed by atoms with van der Waals surface area (Å²) in [5.74, 6) is 0.645. The average molecular weight is 417 g/mol. The summed E-state index contributed by atoms with van der Waals surface area (Å²) in [6.07, 6.45) is 0.765. The second kappa shape index (κ2) is 7.02. The zero-order valence-corrected chi connectivity index (χ0v) is 17.4. The quantitative estimate of drug-likeness (QED) is 0.654. The molecule has 7 nitrogen and oxygen atoms in total. The highest BCUT2D eigenvalue weighted by molar-refractivity contribution is 7.91. The van der Waals surface area contributed by atoms with Crippen molar-refractivity contribution in [2.24, 2.45) is 0 Å². The maximum atomic E-state index is 12.5. The Kier molecular flexibility index (Phi) is 4.77. The van der Waals surface area contributed by atoms with Crippen LogP contribution in [0, 0.1) is 20.8 Å². The summed E-state index contributed by atoms with van der Waals surface area (Å²) >= 11 is 0. The Morgan fingerprint density at radius 3 is 2.48 bits per heavy atom. The fraction of sp³-hybridized carbons (Fsp3) is 0.429. The predicted molar refractivity (Wildman–Crippen MR) is 110 cm³/mol. The summed E-state index contributed by atoms with van der Waals surface area (Å²) in [7, 11) is -3.05. The first-order valence-electron chi connectivity index (χ1n) is 9.60. The van der Waals surface area contributed by atoms with Gasteiger partial charge in [0.05, 0.1) is 11.5 Å². The lowest BCUT2D eigenvalue weighted by atomic mass is 10.0. The SMILES string of the molecule is Cc1oc2cc3oc(=O)c(CCC(=O)NC4CCS(=O)(=O)C4)c(C)c3cc2c1C. The summed E-state index contributed by atoms with van der Waals surface area (Å²) in [6, 6.07) is 3.35. The van der Waals surface area contributed by atoms with E-state index in [9.17, 15) is 18.0 Å². The molecule has 1 saturated heterocycles. The Hall–Kier alpha value is -2.61. The van der Waals surface area contributed by atoms with Gasteiger partial charge < -0.3 is 14.2 Å². The van der Waals surface area contributed by atoms with E-state index in [-0.39, 0.29) is 36.3 Å². The molecule has 1 aromatic carbocycles. The van der Waals surface area contributed by atoms with E-state index in [1.165, 1.54) is 0 Å². The number of benzene rings is 1. The van der Waals surface area contributed by atoms with Gasteiger partial charge in [0.15, 0.2) is 9.84 Å². The maximum Gasteiger partial charge on any atom is 0.339 e. The number of furan rings is 1. The number of amides is 1.